The standard InChI is InChI=1S/C19H37N3O/c1-4-7-10-13-17-16-22(19(23)20-15-12-9-6-3)21-18(17)14-11-8-5-2/h17H,4-16H2,1-3H3,(H,20,23). The summed E-state index contributed by atoms with van der Waals surface area (Å²) in [4.78, 5) is 12.3. The monoisotopic (exact) mass is 323 g/mol. The summed E-state index contributed by atoms with van der Waals surface area (Å²) in [5.41, 5.74) is 1.26. The van der Waals surface area contributed by atoms with E-state index >= 15 is 0 Å². The average molecular weight is 324 g/mol. The van der Waals surface area contributed by atoms with Gasteiger partial charge in [-0.15, -0.1) is 0 Å². The zero-order chi connectivity index (χ0) is 16.9. The summed E-state index contributed by atoms with van der Waals surface area (Å²) in [7, 11) is 0. The van der Waals surface area contributed by atoms with Gasteiger partial charge in [-0.3, -0.25) is 0 Å². The Morgan fingerprint density at radius 2 is 1.70 bits per heavy atom. The van der Waals surface area contributed by atoms with Gasteiger partial charge in [0.05, 0.1) is 6.54 Å². The van der Waals surface area contributed by atoms with Crippen LogP contribution >= 0.6 is 0 Å². The van der Waals surface area contributed by atoms with Crippen molar-refractivity contribution in [3.63, 3.8) is 0 Å². The number of unbranched alkanes of at least 4 members (excludes halogenated alkanes) is 6. The predicted octanol–water partition coefficient (Wildman–Crippen LogP) is 5.33. The highest BCUT2D eigenvalue weighted by Gasteiger charge is 2.29. The van der Waals surface area contributed by atoms with Gasteiger partial charge in [-0.25, -0.2) is 9.80 Å². The van der Waals surface area contributed by atoms with E-state index in [4.69, 9.17) is 0 Å². The smallest absolute Gasteiger partial charge is 0.336 e. The molecule has 0 radical (unpaired) electrons. The number of hydrazone groups is 1. The fourth-order valence-corrected chi connectivity index (χ4v) is 3.09. The van der Waals surface area contributed by atoms with Gasteiger partial charge in [0.25, 0.3) is 0 Å². The van der Waals surface area contributed by atoms with Crippen LogP contribution in [0.15, 0.2) is 5.10 Å². The highest BCUT2D eigenvalue weighted by atomic mass is 16.2. The van der Waals surface area contributed by atoms with Crippen LogP contribution in [0.5, 0.6) is 0 Å². The highest BCUT2D eigenvalue weighted by molar-refractivity contribution is 5.90. The van der Waals surface area contributed by atoms with Crippen LogP contribution < -0.4 is 5.32 Å². The van der Waals surface area contributed by atoms with Crippen molar-refractivity contribution >= 4 is 11.7 Å². The second-order valence-corrected chi connectivity index (χ2v) is 6.76. The van der Waals surface area contributed by atoms with E-state index in [1.54, 1.807) is 5.01 Å². The summed E-state index contributed by atoms with van der Waals surface area (Å²) >= 11 is 0. The molecule has 4 heteroatoms. The molecule has 134 valence electrons. The molecule has 1 unspecified atom stereocenters. The lowest BCUT2D eigenvalue weighted by Gasteiger charge is -2.15. The number of amides is 2. The molecule has 0 fully saturated rings. The first-order valence-corrected chi connectivity index (χ1v) is 9.85. The maximum Gasteiger partial charge on any atom is 0.337 e. The molecule has 1 N–H and O–H groups in total. The fraction of sp³-hybridized carbons (Fsp3) is 0.895. The Kier molecular flexibility index (Phi) is 10.8. The molecule has 1 heterocycles. The molecule has 0 saturated heterocycles. The third-order valence-electron chi connectivity index (χ3n) is 4.60. The first-order valence-electron chi connectivity index (χ1n) is 9.85. The second kappa shape index (κ2) is 12.4. The van der Waals surface area contributed by atoms with Crippen molar-refractivity contribution in [2.75, 3.05) is 13.1 Å². The zero-order valence-corrected chi connectivity index (χ0v) is 15.6. The van der Waals surface area contributed by atoms with Crippen LogP contribution in [0, 0.1) is 5.92 Å². The lowest BCUT2D eigenvalue weighted by molar-refractivity contribution is 0.201. The van der Waals surface area contributed by atoms with Gasteiger partial charge >= 0.3 is 6.03 Å². The normalized spacial score (nSPS) is 17.4. The van der Waals surface area contributed by atoms with Gasteiger partial charge < -0.3 is 5.32 Å². The number of nitrogens with zero attached hydrogens (tertiary/aromatic N) is 2. The third-order valence-corrected chi connectivity index (χ3v) is 4.60. The van der Waals surface area contributed by atoms with Crippen molar-refractivity contribution < 1.29 is 4.79 Å². The number of rotatable bonds is 12. The van der Waals surface area contributed by atoms with Crippen molar-refractivity contribution in [1.29, 1.82) is 0 Å². The Bertz CT molecular complexity index is 355. The van der Waals surface area contributed by atoms with Crippen LogP contribution in [0.2, 0.25) is 0 Å². The molecule has 1 rings (SSSR count). The van der Waals surface area contributed by atoms with E-state index < -0.39 is 0 Å². The van der Waals surface area contributed by atoms with Gasteiger partial charge in [-0.05, 0) is 25.7 Å². The number of carbonyl (C=O) groups excluding carboxylic acids is 1. The number of hydrogen-bond donors (Lipinski definition) is 1. The van der Waals surface area contributed by atoms with E-state index in [-0.39, 0.29) is 6.03 Å². The van der Waals surface area contributed by atoms with E-state index in [2.05, 4.69) is 31.2 Å². The summed E-state index contributed by atoms with van der Waals surface area (Å²) in [5.74, 6) is 0.486. The van der Waals surface area contributed by atoms with Crippen LogP contribution in [0.25, 0.3) is 0 Å². The molecule has 0 bridgehead atoms. The lowest BCUT2D eigenvalue weighted by atomic mass is 9.93. The van der Waals surface area contributed by atoms with Gasteiger partial charge in [0.2, 0.25) is 0 Å². The van der Waals surface area contributed by atoms with Crippen molar-refractivity contribution in [1.82, 2.24) is 10.3 Å². The zero-order valence-electron chi connectivity index (χ0n) is 15.6. The molecule has 1 atom stereocenters. The molecule has 1 aliphatic rings. The molecule has 2 amide bonds. The molecule has 4 nitrogen and oxygen atoms in total. The van der Waals surface area contributed by atoms with Crippen molar-refractivity contribution in [3.05, 3.63) is 0 Å². The molecule has 0 aromatic heterocycles. The number of nitrogens with one attached hydrogen (secondary N) is 1. The highest BCUT2D eigenvalue weighted by Crippen LogP contribution is 2.23. The summed E-state index contributed by atoms with van der Waals surface area (Å²) in [6.45, 7) is 8.19. The summed E-state index contributed by atoms with van der Waals surface area (Å²) in [6.07, 6.45) is 13.1. The van der Waals surface area contributed by atoms with Crippen molar-refractivity contribution in [3.8, 4) is 0 Å². The molecule has 0 saturated carbocycles. The maximum atomic E-state index is 12.3. The Hall–Kier alpha value is -1.06. The first-order chi connectivity index (χ1) is 11.2. The Balaban J connectivity index is 2.47. The summed E-state index contributed by atoms with van der Waals surface area (Å²) < 4.78 is 0. The minimum Gasteiger partial charge on any atom is -0.336 e. The molecular weight excluding hydrogens is 286 g/mol. The predicted molar refractivity (Wildman–Crippen MR) is 98.8 cm³/mol. The number of hydrogen-bond acceptors (Lipinski definition) is 2. The first kappa shape index (κ1) is 20.0. The van der Waals surface area contributed by atoms with E-state index in [0.29, 0.717) is 5.92 Å². The minimum absolute atomic E-state index is 0.00733. The van der Waals surface area contributed by atoms with Gasteiger partial charge in [0.15, 0.2) is 0 Å². The largest absolute Gasteiger partial charge is 0.337 e. The van der Waals surface area contributed by atoms with Crippen LogP contribution in [-0.4, -0.2) is 29.8 Å². The summed E-state index contributed by atoms with van der Waals surface area (Å²) in [5, 5.41) is 9.36. The molecule has 1 aliphatic heterocycles. The maximum absolute atomic E-state index is 12.3. The minimum atomic E-state index is -0.00733. The fourth-order valence-electron chi connectivity index (χ4n) is 3.09. The SMILES string of the molecule is CCCCCNC(=O)N1CC(CCCCC)C(CCCCC)=N1. The van der Waals surface area contributed by atoms with Gasteiger partial charge in [-0.1, -0.05) is 65.7 Å². The van der Waals surface area contributed by atoms with E-state index in [0.717, 1.165) is 25.9 Å². The topological polar surface area (TPSA) is 44.7 Å². The molecule has 0 aromatic rings. The number of carbonyl (C=O) groups is 1. The molecule has 23 heavy (non-hydrogen) atoms. The lowest BCUT2D eigenvalue weighted by Crippen LogP contribution is -2.36. The third kappa shape index (κ3) is 7.85. The van der Waals surface area contributed by atoms with Crippen LogP contribution in [0.3, 0.4) is 0 Å². The van der Waals surface area contributed by atoms with Crippen molar-refractivity contribution in [2.45, 2.75) is 91.4 Å². The van der Waals surface area contributed by atoms with Crippen LogP contribution in [-0.2, 0) is 0 Å². The molecule has 0 aliphatic carbocycles. The van der Waals surface area contributed by atoms with Gasteiger partial charge in [-0.2, -0.15) is 5.10 Å². The van der Waals surface area contributed by atoms with Gasteiger partial charge in [0, 0.05) is 18.2 Å². The van der Waals surface area contributed by atoms with E-state index in [9.17, 15) is 4.79 Å². The quantitative estimate of drug-likeness (QED) is 0.484. The Morgan fingerprint density at radius 1 is 1.04 bits per heavy atom. The average Bonchev–Trinajstić information content (AvgIpc) is 2.95. The summed E-state index contributed by atoms with van der Waals surface area (Å²) in [6, 6.07) is -0.00733. The Morgan fingerprint density at radius 3 is 2.39 bits per heavy atom. The Labute approximate surface area is 143 Å². The van der Waals surface area contributed by atoms with Crippen LogP contribution in [0.1, 0.15) is 91.4 Å². The molecule has 0 spiro atoms. The van der Waals surface area contributed by atoms with E-state index in [1.807, 2.05) is 0 Å². The van der Waals surface area contributed by atoms with Crippen LogP contribution in [0.4, 0.5) is 4.79 Å². The van der Waals surface area contributed by atoms with Gasteiger partial charge in [0.1, 0.15) is 0 Å². The van der Waals surface area contributed by atoms with Crippen molar-refractivity contribution in [2.24, 2.45) is 11.0 Å². The second-order valence-electron chi connectivity index (χ2n) is 6.76. The van der Waals surface area contributed by atoms with E-state index in [1.165, 1.54) is 63.5 Å². The molecular formula is C19H37N3O. The molecule has 0 aromatic carbocycles. The number of urea groups is 1.